The second kappa shape index (κ2) is 4.10. The van der Waals surface area contributed by atoms with E-state index in [-0.39, 0.29) is 12.0 Å². The molecule has 0 bridgehead atoms. The third-order valence-electron chi connectivity index (χ3n) is 5.07. The monoisotopic (exact) mass is 260 g/mol. The third kappa shape index (κ3) is 1.80. The van der Waals surface area contributed by atoms with Crippen LogP contribution in [0.4, 0.5) is 4.79 Å². The molecule has 0 aromatic heterocycles. The van der Waals surface area contributed by atoms with Gasteiger partial charge in [-0.1, -0.05) is 13.8 Å². The van der Waals surface area contributed by atoms with Crippen LogP contribution in [0.15, 0.2) is 0 Å². The average Bonchev–Trinajstić information content (AvgIpc) is 2.33. The lowest BCUT2D eigenvalue weighted by Crippen LogP contribution is -2.58. The minimum Gasteiger partial charge on any atom is -0.450 e. The van der Waals surface area contributed by atoms with Gasteiger partial charge in [-0.25, -0.2) is 4.79 Å². The highest BCUT2D eigenvalue weighted by Crippen LogP contribution is 2.58. The number of ether oxygens (including phenoxy) is 3. The third-order valence-corrected chi connectivity index (χ3v) is 5.07. The smallest absolute Gasteiger partial charge is 0.450 e. The topological polar surface area (TPSA) is 65.0 Å². The fraction of sp³-hybridized carbons (Fsp3) is 0.923. The van der Waals surface area contributed by atoms with Gasteiger partial charge in [-0.15, -0.1) is 0 Å². The molecule has 0 aliphatic carbocycles. The van der Waals surface area contributed by atoms with E-state index in [0.717, 1.165) is 0 Å². The predicted octanol–water partition coefficient (Wildman–Crippen LogP) is 2.68. The van der Waals surface area contributed by atoms with Gasteiger partial charge >= 0.3 is 6.16 Å². The zero-order valence-corrected chi connectivity index (χ0v) is 12.3. The molecule has 1 fully saturated rings. The summed E-state index contributed by atoms with van der Waals surface area (Å²) >= 11 is 0. The maximum atomic E-state index is 10.6. The largest absolute Gasteiger partial charge is 0.505 e. The number of methoxy groups -OCH3 is 1. The molecule has 106 valence electrons. The van der Waals surface area contributed by atoms with E-state index in [4.69, 9.17) is 19.3 Å². The van der Waals surface area contributed by atoms with E-state index in [2.05, 4.69) is 13.8 Å². The molecule has 0 amide bonds. The summed E-state index contributed by atoms with van der Waals surface area (Å²) in [5.41, 5.74) is -2.23. The van der Waals surface area contributed by atoms with E-state index in [1.165, 1.54) is 0 Å². The van der Waals surface area contributed by atoms with Gasteiger partial charge in [0.05, 0.1) is 5.60 Å². The standard InChI is InChI=1S/C13H24O5/c1-10(2)11(3,4)18-12(5,8-17-9(14)15)13(10,6)16-7/h8H2,1-7H3,(H,14,15). The van der Waals surface area contributed by atoms with Gasteiger partial charge in [0.2, 0.25) is 0 Å². The van der Waals surface area contributed by atoms with E-state index in [9.17, 15) is 4.79 Å². The Bertz CT molecular complexity index is 349. The number of carboxylic acid groups (broad SMARTS) is 1. The van der Waals surface area contributed by atoms with Crippen LogP contribution in [0.2, 0.25) is 0 Å². The molecular weight excluding hydrogens is 236 g/mol. The normalized spacial score (nSPS) is 37.5. The molecule has 0 radical (unpaired) electrons. The maximum absolute atomic E-state index is 10.6. The molecule has 5 heteroatoms. The highest BCUT2D eigenvalue weighted by molar-refractivity contribution is 5.56. The Hall–Kier alpha value is -0.810. The minimum atomic E-state index is -1.30. The zero-order chi connectivity index (χ0) is 14.4. The number of hydrogen-bond acceptors (Lipinski definition) is 4. The lowest BCUT2D eigenvalue weighted by atomic mass is 9.63. The van der Waals surface area contributed by atoms with Gasteiger partial charge in [0.15, 0.2) is 0 Å². The van der Waals surface area contributed by atoms with E-state index >= 15 is 0 Å². The van der Waals surface area contributed by atoms with Crippen LogP contribution >= 0.6 is 0 Å². The van der Waals surface area contributed by atoms with Gasteiger partial charge in [0.25, 0.3) is 0 Å². The highest BCUT2D eigenvalue weighted by Gasteiger charge is 2.69. The van der Waals surface area contributed by atoms with Crippen molar-refractivity contribution in [1.29, 1.82) is 0 Å². The van der Waals surface area contributed by atoms with Gasteiger partial charge in [-0.2, -0.15) is 0 Å². The number of hydrogen-bond donors (Lipinski definition) is 1. The molecule has 5 nitrogen and oxygen atoms in total. The van der Waals surface area contributed by atoms with Crippen LogP contribution in [0, 0.1) is 5.41 Å². The summed E-state index contributed by atoms with van der Waals surface area (Å²) in [6.07, 6.45) is -1.30. The van der Waals surface area contributed by atoms with Gasteiger partial charge < -0.3 is 19.3 Å². The first kappa shape index (κ1) is 15.2. The molecule has 1 N–H and O–H groups in total. The molecule has 0 saturated carbocycles. The lowest BCUT2D eigenvalue weighted by molar-refractivity contribution is -0.169. The van der Waals surface area contributed by atoms with Gasteiger partial charge in [-0.05, 0) is 27.7 Å². The molecule has 1 rings (SSSR count). The van der Waals surface area contributed by atoms with E-state index in [0.29, 0.717) is 0 Å². The molecule has 0 spiro atoms. The van der Waals surface area contributed by atoms with Crippen molar-refractivity contribution in [2.45, 2.75) is 58.3 Å². The van der Waals surface area contributed by atoms with Crippen LogP contribution in [-0.2, 0) is 14.2 Å². The van der Waals surface area contributed by atoms with Crippen LogP contribution in [0.3, 0.4) is 0 Å². The Balaban J connectivity index is 3.17. The second-order valence-corrected chi connectivity index (χ2v) is 6.26. The molecule has 0 aromatic rings. The Morgan fingerprint density at radius 3 is 2.06 bits per heavy atom. The van der Waals surface area contributed by atoms with Crippen LogP contribution in [-0.4, -0.2) is 41.8 Å². The van der Waals surface area contributed by atoms with Gasteiger partial charge in [0.1, 0.15) is 17.8 Å². The zero-order valence-electron chi connectivity index (χ0n) is 12.3. The van der Waals surface area contributed by atoms with Crippen molar-refractivity contribution in [1.82, 2.24) is 0 Å². The first-order valence-corrected chi connectivity index (χ1v) is 6.04. The average molecular weight is 260 g/mol. The molecule has 18 heavy (non-hydrogen) atoms. The van der Waals surface area contributed by atoms with Crippen LogP contribution < -0.4 is 0 Å². The van der Waals surface area contributed by atoms with Crippen molar-refractivity contribution in [3.63, 3.8) is 0 Å². The molecule has 2 unspecified atom stereocenters. The summed E-state index contributed by atoms with van der Waals surface area (Å²) in [5, 5.41) is 8.67. The fourth-order valence-electron chi connectivity index (χ4n) is 2.86. The first-order chi connectivity index (χ1) is 7.93. The molecule has 0 aromatic carbocycles. The van der Waals surface area contributed by atoms with Crippen molar-refractivity contribution >= 4 is 6.16 Å². The molecule has 2 atom stereocenters. The number of carbonyl (C=O) groups is 1. The minimum absolute atomic E-state index is 0.0560. The summed E-state index contributed by atoms with van der Waals surface area (Å²) in [6, 6.07) is 0. The van der Waals surface area contributed by atoms with E-state index in [1.807, 2.05) is 27.7 Å². The highest BCUT2D eigenvalue weighted by atomic mass is 16.7. The molecular formula is C13H24O5. The van der Waals surface area contributed by atoms with Crippen LogP contribution in [0.1, 0.15) is 41.5 Å². The quantitative estimate of drug-likeness (QED) is 0.790. The summed E-state index contributed by atoms with van der Waals surface area (Å²) in [6.45, 7) is 11.8. The van der Waals surface area contributed by atoms with Gasteiger partial charge in [0, 0.05) is 12.5 Å². The lowest BCUT2D eigenvalue weighted by Gasteiger charge is -2.45. The Labute approximate surface area is 108 Å². The van der Waals surface area contributed by atoms with Crippen molar-refractivity contribution in [2.24, 2.45) is 5.41 Å². The Morgan fingerprint density at radius 1 is 1.17 bits per heavy atom. The summed E-state index contributed by atoms with van der Waals surface area (Å²) in [5.74, 6) is 0. The first-order valence-electron chi connectivity index (χ1n) is 6.04. The maximum Gasteiger partial charge on any atom is 0.505 e. The van der Waals surface area contributed by atoms with Gasteiger partial charge in [-0.3, -0.25) is 0 Å². The summed E-state index contributed by atoms with van der Waals surface area (Å²) in [7, 11) is 1.62. The van der Waals surface area contributed by atoms with Crippen molar-refractivity contribution < 1.29 is 24.1 Å². The van der Waals surface area contributed by atoms with E-state index in [1.54, 1.807) is 7.11 Å². The summed E-state index contributed by atoms with van der Waals surface area (Å²) in [4.78, 5) is 10.6. The predicted molar refractivity (Wildman–Crippen MR) is 66.7 cm³/mol. The van der Waals surface area contributed by atoms with Crippen molar-refractivity contribution in [3.8, 4) is 0 Å². The molecule has 1 saturated heterocycles. The molecule has 1 aliphatic heterocycles. The Morgan fingerprint density at radius 2 is 1.67 bits per heavy atom. The Kier molecular flexibility index (Phi) is 3.47. The second-order valence-electron chi connectivity index (χ2n) is 6.26. The van der Waals surface area contributed by atoms with E-state index < -0.39 is 23.0 Å². The summed E-state index contributed by atoms with van der Waals surface area (Å²) < 4.78 is 16.5. The SMILES string of the molecule is COC1(C)C(C)(COC(=O)O)OC(C)(C)C1(C)C. The van der Waals surface area contributed by atoms with Crippen LogP contribution in [0.5, 0.6) is 0 Å². The number of rotatable bonds is 3. The van der Waals surface area contributed by atoms with Crippen LogP contribution in [0.25, 0.3) is 0 Å². The van der Waals surface area contributed by atoms with Crippen molar-refractivity contribution in [3.05, 3.63) is 0 Å². The molecule has 1 aliphatic rings. The molecule has 1 heterocycles. The fourth-order valence-corrected chi connectivity index (χ4v) is 2.86. The van der Waals surface area contributed by atoms with Crippen molar-refractivity contribution in [2.75, 3.05) is 13.7 Å².